The van der Waals surface area contributed by atoms with E-state index in [-0.39, 0.29) is 28.3 Å². The number of ether oxygens (including phenoxy) is 2. The summed E-state index contributed by atoms with van der Waals surface area (Å²) in [4.78, 5) is 23.8. The highest BCUT2D eigenvalue weighted by atomic mass is 19.1. The third-order valence-corrected chi connectivity index (χ3v) is 4.47. The number of anilines is 1. The summed E-state index contributed by atoms with van der Waals surface area (Å²) in [6, 6.07) is 5.66. The van der Waals surface area contributed by atoms with Crippen LogP contribution in [0, 0.1) is 17.6 Å². The van der Waals surface area contributed by atoms with Gasteiger partial charge < -0.3 is 19.9 Å². The van der Waals surface area contributed by atoms with Crippen molar-refractivity contribution in [1.29, 1.82) is 0 Å². The molecule has 0 aromatic heterocycles. The fourth-order valence-electron chi connectivity index (χ4n) is 3.03. The zero-order valence-electron chi connectivity index (χ0n) is 14.6. The van der Waals surface area contributed by atoms with Crippen LogP contribution in [-0.4, -0.2) is 31.2 Å². The number of hydrogen-bond donors (Lipinski definition) is 2. The summed E-state index contributed by atoms with van der Waals surface area (Å²) in [6.45, 7) is 0. The molecular weight excluding hydrogens is 360 g/mol. The minimum Gasteiger partial charge on any atom is -0.493 e. The molecule has 1 aliphatic carbocycles. The first-order chi connectivity index (χ1) is 12.8. The molecule has 0 aliphatic heterocycles. The fourth-order valence-corrected chi connectivity index (χ4v) is 3.03. The van der Waals surface area contributed by atoms with E-state index < -0.39 is 35.3 Å². The van der Waals surface area contributed by atoms with Gasteiger partial charge in [-0.3, -0.25) is 4.79 Å². The Balaban J connectivity index is 1.83. The zero-order valence-corrected chi connectivity index (χ0v) is 14.6. The van der Waals surface area contributed by atoms with Gasteiger partial charge >= 0.3 is 5.97 Å². The lowest BCUT2D eigenvalue weighted by molar-refractivity contribution is -0.117. The predicted octanol–water partition coefficient (Wildman–Crippen LogP) is 3.42. The summed E-state index contributed by atoms with van der Waals surface area (Å²) in [5.74, 6) is -3.44. The standard InChI is InChI=1S/C19H17F2NO5/c1-26-16-6-9(19(24)25)5-15(17(16)27-2)22-18(23)13-8-11(13)12-7-10(20)3-4-14(12)21/h3-7,11,13H,8H2,1-2H3,(H,22,23)(H,24,25). The van der Waals surface area contributed by atoms with Crippen LogP contribution in [0.4, 0.5) is 14.5 Å². The number of nitrogens with one attached hydrogen (secondary N) is 1. The van der Waals surface area contributed by atoms with E-state index in [1.165, 1.54) is 26.4 Å². The van der Waals surface area contributed by atoms with Gasteiger partial charge in [0.25, 0.3) is 0 Å². The number of aromatic carboxylic acids is 1. The van der Waals surface area contributed by atoms with Gasteiger partial charge in [-0.2, -0.15) is 0 Å². The molecule has 2 atom stereocenters. The van der Waals surface area contributed by atoms with E-state index in [1.807, 2.05) is 0 Å². The second kappa shape index (κ2) is 7.22. The number of rotatable bonds is 6. The Bertz CT molecular complexity index is 915. The Kier molecular flexibility index (Phi) is 4.98. The molecule has 0 bridgehead atoms. The average molecular weight is 377 g/mol. The fraction of sp³-hybridized carbons (Fsp3) is 0.263. The molecule has 1 amide bonds. The molecule has 2 aromatic rings. The van der Waals surface area contributed by atoms with E-state index in [2.05, 4.69) is 5.32 Å². The van der Waals surface area contributed by atoms with E-state index in [0.717, 1.165) is 18.2 Å². The summed E-state index contributed by atoms with van der Waals surface area (Å²) in [5, 5.41) is 11.8. The van der Waals surface area contributed by atoms with E-state index >= 15 is 0 Å². The van der Waals surface area contributed by atoms with Gasteiger partial charge in [0.2, 0.25) is 5.91 Å². The van der Waals surface area contributed by atoms with Gasteiger partial charge in [0.15, 0.2) is 11.5 Å². The highest BCUT2D eigenvalue weighted by Gasteiger charge is 2.45. The van der Waals surface area contributed by atoms with Crippen molar-refractivity contribution in [3.63, 3.8) is 0 Å². The van der Waals surface area contributed by atoms with Gasteiger partial charge in [-0.1, -0.05) is 0 Å². The molecule has 0 radical (unpaired) electrons. The molecule has 1 aliphatic rings. The summed E-state index contributed by atoms with van der Waals surface area (Å²) < 4.78 is 37.6. The van der Waals surface area contributed by atoms with Gasteiger partial charge in [0, 0.05) is 5.92 Å². The molecule has 8 heteroatoms. The van der Waals surface area contributed by atoms with Gasteiger partial charge in [0.1, 0.15) is 11.6 Å². The number of carboxylic acid groups (broad SMARTS) is 1. The van der Waals surface area contributed by atoms with Crippen LogP contribution in [0.5, 0.6) is 11.5 Å². The summed E-state index contributed by atoms with van der Waals surface area (Å²) >= 11 is 0. The van der Waals surface area contributed by atoms with Crippen LogP contribution >= 0.6 is 0 Å². The quantitative estimate of drug-likeness (QED) is 0.806. The van der Waals surface area contributed by atoms with Gasteiger partial charge in [-0.25, -0.2) is 13.6 Å². The van der Waals surface area contributed by atoms with Gasteiger partial charge in [-0.05, 0) is 48.2 Å². The van der Waals surface area contributed by atoms with Crippen LogP contribution < -0.4 is 14.8 Å². The largest absolute Gasteiger partial charge is 0.493 e. The number of amides is 1. The summed E-state index contributed by atoms with van der Waals surface area (Å²) in [5.41, 5.74) is 0.190. The maximum Gasteiger partial charge on any atom is 0.335 e. The lowest BCUT2D eigenvalue weighted by Gasteiger charge is -2.15. The molecule has 2 N–H and O–H groups in total. The first-order valence-electron chi connectivity index (χ1n) is 8.10. The Morgan fingerprint density at radius 2 is 1.89 bits per heavy atom. The van der Waals surface area contributed by atoms with Crippen LogP contribution in [0.2, 0.25) is 0 Å². The zero-order chi connectivity index (χ0) is 19.7. The number of benzene rings is 2. The number of halogens is 2. The smallest absolute Gasteiger partial charge is 0.335 e. The van der Waals surface area contributed by atoms with Crippen molar-refractivity contribution < 1.29 is 33.0 Å². The van der Waals surface area contributed by atoms with Crippen LogP contribution in [0.15, 0.2) is 30.3 Å². The van der Waals surface area contributed by atoms with Crippen LogP contribution in [-0.2, 0) is 4.79 Å². The Morgan fingerprint density at radius 1 is 1.15 bits per heavy atom. The third kappa shape index (κ3) is 3.69. The molecule has 0 saturated heterocycles. The maximum atomic E-state index is 13.9. The minimum atomic E-state index is -1.20. The minimum absolute atomic E-state index is 0.0912. The Labute approximate surface area is 153 Å². The highest BCUT2D eigenvalue weighted by Crippen LogP contribution is 2.49. The second-order valence-electron chi connectivity index (χ2n) is 6.17. The molecule has 0 spiro atoms. The number of hydrogen-bond acceptors (Lipinski definition) is 4. The maximum absolute atomic E-state index is 13.9. The van der Waals surface area contributed by atoms with E-state index in [9.17, 15) is 23.5 Å². The van der Waals surface area contributed by atoms with Gasteiger partial charge in [-0.15, -0.1) is 0 Å². The first-order valence-corrected chi connectivity index (χ1v) is 8.10. The lowest BCUT2D eigenvalue weighted by Crippen LogP contribution is -2.16. The first kappa shape index (κ1) is 18.6. The molecule has 6 nitrogen and oxygen atoms in total. The van der Waals surface area contributed by atoms with Crippen LogP contribution in [0.25, 0.3) is 0 Å². The monoisotopic (exact) mass is 377 g/mol. The molecule has 1 saturated carbocycles. The molecule has 27 heavy (non-hydrogen) atoms. The Morgan fingerprint density at radius 3 is 2.52 bits per heavy atom. The van der Waals surface area contributed by atoms with Crippen molar-refractivity contribution in [2.24, 2.45) is 5.92 Å². The molecule has 2 aromatic carbocycles. The number of carbonyl (C=O) groups excluding carboxylic acids is 1. The highest BCUT2D eigenvalue weighted by molar-refractivity contribution is 5.99. The SMILES string of the molecule is COc1cc(C(=O)O)cc(NC(=O)C2CC2c2cc(F)ccc2F)c1OC. The number of methoxy groups -OCH3 is 2. The second-order valence-corrected chi connectivity index (χ2v) is 6.17. The summed E-state index contributed by atoms with van der Waals surface area (Å²) in [7, 11) is 2.70. The van der Waals surface area contributed by atoms with Crippen molar-refractivity contribution in [3.8, 4) is 11.5 Å². The molecule has 3 rings (SSSR count). The van der Waals surface area contributed by atoms with Crippen LogP contribution in [0.3, 0.4) is 0 Å². The molecule has 2 unspecified atom stereocenters. The molecule has 1 fully saturated rings. The molecular formula is C19H17F2NO5. The van der Waals surface area contributed by atoms with E-state index in [0.29, 0.717) is 6.42 Å². The number of carbonyl (C=O) groups is 2. The van der Waals surface area contributed by atoms with E-state index in [4.69, 9.17) is 9.47 Å². The van der Waals surface area contributed by atoms with Crippen molar-refractivity contribution in [3.05, 3.63) is 53.1 Å². The summed E-state index contributed by atoms with van der Waals surface area (Å²) in [6.07, 6.45) is 0.365. The van der Waals surface area contributed by atoms with Gasteiger partial charge in [0.05, 0.1) is 25.5 Å². The van der Waals surface area contributed by atoms with Crippen molar-refractivity contribution in [2.75, 3.05) is 19.5 Å². The molecule has 0 heterocycles. The molecule has 142 valence electrons. The number of carboxylic acids is 1. The normalized spacial score (nSPS) is 17.9. The van der Waals surface area contributed by atoms with E-state index in [1.54, 1.807) is 0 Å². The third-order valence-electron chi connectivity index (χ3n) is 4.47. The lowest BCUT2D eigenvalue weighted by atomic mass is 10.1. The van der Waals surface area contributed by atoms with Crippen LogP contribution in [0.1, 0.15) is 28.3 Å². The topological polar surface area (TPSA) is 84.9 Å². The predicted molar refractivity (Wildman–Crippen MR) is 92.3 cm³/mol. The van der Waals surface area contributed by atoms with Crippen molar-refractivity contribution >= 4 is 17.6 Å². The van der Waals surface area contributed by atoms with Crippen molar-refractivity contribution in [2.45, 2.75) is 12.3 Å². The Hall–Kier alpha value is -3.16. The van der Waals surface area contributed by atoms with Crippen molar-refractivity contribution in [1.82, 2.24) is 0 Å². The average Bonchev–Trinajstić information content (AvgIpc) is 3.43.